The standard InChI is InChI=1S/C29H25F6NO6S/c1-28(26(37)38)13-16(14-28)7-22-15-36(43(39,40)23-4-2-3-19(11-23)29(33,34)35)24-10-17(5-6-25(24)41-22)18-8-20(30)12-21(9-18)42-27(31)32/h2-6,8-12,16,22,27H,7,13-15H2,1H3,(H,37,38)/t16-,22-,28-/m0/s1. The molecule has 1 fully saturated rings. The van der Waals surface area contributed by atoms with Crippen molar-refractivity contribution in [2.24, 2.45) is 11.3 Å². The lowest BCUT2D eigenvalue weighted by molar-refractivity contribution is -0.157. The van der Waals surface area contributed by atoms with Crippen LogP contribution in [0.3, 0.4) is 0 Å². The third kappa shape index (κ3) is 6.24. The average molecular weight is 630 g/mol. The minimum Gasteiger partial charge on any atom is -0.486 e. The number of ether oxygens (including phenoxy) is 2. The van der Waals surface area contributed by atoms with Crippen LogP contribution in [0.15, 0.2) is 65.6 Å². The molecule has 1 aliphatic carbocycles. The quantitative estimate of drug-likeness (QED) is 0.271. The number of carboxylic acids is 1. The molecule has 3 aromatic rings. The van der Waals surface area contributed by atoms with Crippen molar-refractivity contribution >= 4 is 21.7 Å². The number of nitrogens with zero attached hydrogens (tertiary/aromatic N) is 1. The predicted molar refractivity (Wildman–Crippen MR) is 142 cm³/mol. The molecule has 2 aliphatic rings. The van der Waals surface area contributed by atoms with Gasteiger partial charge in [-0.1, -0.05) is 12.1 Å². The van der Waals surface area contributed by atoms with E-state index in [4.69, 9.17) is 4.74 Å². The van der Waals surface area contributed by atoms with Crippen molar-refractivity contribution < 1.29 is 54.1 Å². The fraction of sp³-hybridized carbons (Fsp3) is 0.345. The molecule has 0 bridgehead atoms. The van der Waals surface area contributed by atoms with E-state index < -0.39 is 62.3 Å². The van der Waals surface area contributed by atoms with Gasteiger partial charge in [-0.05, 0) is 85.7 Å². The van der Waals surface area contributed by atoms with Gasteiger partial charge in [0.2, 0.25) is 0 Å². The molecule has 1 N–H and O–H groups in total. The molecule has 0 aromatic heterocycles. The van der Waals surface area contributed by atoms with Gasteiger partial charge in [0.15, 0.2) is 0 Å². The minimum absolute atomic E-state index is 0.0595. The maximum Gasteiger partial charge on any atom is 0.416 e. The van der Waals surface area contributed by atoms with Gasteiger partial charge < -0.3 is 14.6 Å². The Bertz CT molecular complexity index is 1660. The maximum atomic E-state index is 14.3. The van der Waals surface area contributed by atoms with E-state index in [9.17, 15) is 44.7 Å². The molecule has 0 unspecified atom stereocenters. The summed E-state index contributed by atoms with van der Waals surface area (Å²) in [5.74, 6) is -2.34. The highest BCUT2D eigenvalue weighted by atomic mass is 32.2. The third-order valence-electron chi connectivity index (χ3n) is 7.66. The summed E-state index contributed by atoms with van der Waals surface area (Å²) in [6, 6.07) is 10.3. The van der Waals surface area contributed by atoms with Gasteiger partial charge in [-0.2, -0.15) is 22.0 Å². The zero-order valence-electron chi connectivity index (χ0n) is 22.4. The van der Waals surface area contributed by atoms with Gasteiger partial charge in [-0.3, -0.25) is 9.10 Å². The lowest BCUT2D eigenvalue weighted by Gasteiger charge is -2.44. The predicted octanol–water partition coefficient (Wildman–Crippen LogP) is 6.96. The summed E-state index contributed by atoms with van der Waals surface area (Å²) >= 11 is 0. The van der Waals surface area contributed by atoms with Crippen LogP contribution in [0, 0.1) is 17.2 Å². The molecule has 14 heteroatoms. The molecule has 7 nitrogen and oxygen atoms in total. The molecule has 0 spiro atoms. The SMILES string of the molecule is C[C@]1(C(=O)O)C[C@H](C[C@H]2CN(S(=O)(=O)c3cccc(C(F)(F)F)c3)c3cc(-c4cc(F)cc(OC(F)F)c4)ccc3O2)C1. The fourth-order valence-electron chi connectivity index (χ4n) is 5.63. The van der Waals surface area contributed by atoms with Gasteiger partial charge in [-0.15, -0.1) is 0 Å². The molecule has 230 valence electrons. The monoisotopic (exact) mass is 629 g/mol. The van der Waals surface area contributed by atoms with Crippen LogP contribution in [0.1, 0.15) is 31.7 Å². The van der Waals surface area contributed by atoms with E-state index in [1.54, 1.807) is 6.92 Å². The molecule has 3 aromatic carbocycles. The van der Waals surface area contributed by atoms with Crippen molar-refractivity contribution in [2.75, 3.05) is 10.8 Å². The van der Waals surface area contributed by atoms with Crippen LogP contribution >= 0.6 is 0 Å². The van der Waals surface area contributed by atoms with Gasteiger partial charge in [0.25, 0.3) is 10.0 Å². The normalized spacial score (nSPS) is 22.0. The second kappa shape index (κ2) is 11.0. The Hall–Kier alpha value is -3.94. The van der Waals surface area contributed by atoms with Crippen molar-refractivity contribution in [3.05, 3.63) is 72.0 Å². The van der Waals surface area contributed by atoms with Crippen molar-refractivity contribution in [1.29, 1.82) is 0 Å². The second-order valence-corrected chi connectivity index (χ2v) is 12.8. The zero-order chi connectivity index (χ0) is 31.3. The minimum atomic E-state index is -4.81. The number of benzene rings is 3. The first kappa shape index (κ1) is 30.5. The summed E-state index contributed by atoms with van der Waals surface area (Å²) in [5, 5.41) is 9.43. The van der Waals surface area contributed by atoms with Gasteiger partial charge in [-0.25, -0.2) is 12.8 Å². The number of fused-ring (bicyclic) bond motifs is 1. The Morgan fingerprint density at radius 3 is 2.47 bits per heavy atom. The third-order valence-corrected chi connectivity index (χ3v) is 9.44. The first-order valence-electron chi connectivity index (χ1n) is 13.0. The van der Waals surface area contributed by atoms with E-state index in [-0.39, 0.29) is 41.4 Å². The Balaban J connectivity index is 1.54. The number of hydrogen-bond donors (Lipinski definition) is 1. The first-order chi connectivity index (χ1) is 20.0. The van der Waals surface area contributed by atoms with Gasteiger partial charge >= 0.3 is 18.8 Å². The molecular formula is C29H25F6NO6S. The number of carbonyl (C=O) groups is 1. The molecule has 1 atom stereocenters. The van der Waals surface area contributed by atoms with E-state index in [2.05, 4.69) is 4.74 Å². The number of rotatable bonds is 8. The molecule has 1 heterocycles. The summed E-state index contributed by atoms with van der Waals surface area (Å²) in [6.07, 6.45) is -4.59. The molecular weight excluding hydrogens is 604 g/mol. The molecule has 43 heavy (non-hydrogen) atoms. The van der Waals surface area contributed by atoms with Crippen LogP contribution in [0.5, 0.6) is 11.5 Å². The van der Waals surface area contributed by atoms with Crippen molar-refractivity contribution in [3.63, 3.8) is 0 Å². The number of hydrogen-bond acceptors (Lipinski definition) is 5. The summed E-state index contributed by atoms with van der Waals surface area (Å²) in [7, 11) is -4.62. The van der Waals surface area contributed by atoms with E-state index >= 15 is 0 Å². The highest BCUT2D eigenvalue weighted by Crippen LogP contribution is 2.49. The van der Waals surface area contributed by atoms with E-state index in [0.29, 0.717) is 18.9 Å². The van der Waals surface area contributed by atoms with Crippen LogP contribution in [-0.2, 0) is 21.0 Å². The Labute approximate surface area is 242 Å². The van der Waals surface area contributed by atoms with E-state index in [0.717, 1.165) is 40.7 Å². The van der Waals surface area contributed by atoms with Crippen LogP contribution in [0.4, 0.5) is 32.0 Å². The lowest BCUT2D eigenvalue weighted by atomic mass is 9.61. The number of alkyl halides is 5. The van der Waals surface area contributed by atoms with Crippen LogP contribution in [0.2, 0.25) is 0 Å². The lowest BCUT2D eigenvalue weighted by Crippen LogP contribution is -2.47. The fourth-order valence-corrected chi connectivity index (χ4v) is 7.17. The summed E-state index contributed by atoms with van der Waals surface area (Å²) in [4.78, 5) is 10.9. The molecule has 0 radical (unpaired) electrons. The van der Waals surface area contributed by atoms with E-state index in [1.807, 2.05) is 0 Å². The van der Waals surface area contributed by atoms with Crippen LogP contribution in [0.25, 0.3) is 11.1 Å². The van der Waals surface area contributed by atoms with Gasteiger partial charge in [0, 0.05) is 6.07 Å². The van der Waals surface area contributed by atoms with Gasteiger partial charge in [0.05, 0.1) is 28.1 Å². The maximum absolute atomic E-state index is 14.3. The van der Waals surface area contributed by atoms with Crippen molar-refractivity contribution in [2.45, 2.75) is 50.0 Å². The summed E-state index contributed by atoms with van der Waals surface area (Å²) in [6.45, 7) is -1.92. The van der Waals surface area contributed by atoms with Crippen LogP contribution < -0.4 is 13.8 Å². The summed E-state index contributed by atoms with van der Waals surface area (Å²) in [5.41, 5.74) is -1.87. The van der Waals surface area contributed by atoms with Gasteiger partial charge in [0.1, 0.15) is 23.4 Å². The van der Waals surface area contributed by atoms with Crippen LogP contribution in [-0.4, -0.2) is 38.8 Å². The molecule has 5 rings (SSSR count). The Kier molecular flexibility index (Phi) is 7.78. The largest absolute Gasteiger partial charge is 0.486 e. The number of halogens is 6. The number of carboxylic acid groups (broad SMARTS) is 1. The molecule has 1 saturated carbocycles. The second-order valence-electron chi connectivity index (χ2n) is 10.9. The van der Waals surface area contributed by atoms with Crippen molar-refractivity contribution in [3.8, 4) is 22.6 Å². The number of sulfonamides is 1. The average Bonchev–Trinajstić information content (AvgIpc) is 2.90. The first-order valence-corrected chi connectivity index (χ1v) is 14.5. The Morgan fingerprint density at radius 1 is 1.09 bits per heavy atom. The highest BCUT2D eigenvalue weighted by molar-refractivity contribution is 7.92. The zero-order valence-corrected chi connectivity index (χ0v) is 23.3. The van der Waals surface area contributed by atoms with Crippen molar-refractivity contribution in [1.82, 2.24) is 0 Å². The topological polar surface area (TPSA) is 93.1 Å². The molecule has 0 amide bonds. The smallest absolute Gasteiger partial charge is 0.416 e. The molecule has 1 aliphatic heterocycles. The summed E-state index contributed by atoms with van der Waals surface area (Å²) < 4.78 is 119. The molecule has 0 saturated heterocycles. The Morgan fingerprint density at radius 2 is 1.81 bits per heavy atom. The highest BCUT2D eigenvalue weighted by Gasteiger charge is 2.48. The van der Waals surface area contributed by atoms with E-state index in [1.165, 1.54) is 18.2 Å². The number of aliphatic carboxylic acids is 1. The number of anilines is 1.